The Balaban J connectivity index is 1.66. The van der Waals surface area contributed by atoms with Gasteiger partial charge in [0.15, 0.2) is 10.8 Å². The van der Waals surface area contributed by atoms with E-state index in [4.69, 9.17) is 4.74 Å². The van der Waals surface area contributed by atoms with Gasteiger partial charge in [0.1, 0.15) is 5.75 Å². The molecule has 0 radical (unpaired) electrons. The molecule has 3 heterocycles. The lowest BCUT2D eigenvalue weighted by atomic mass is 9.98. The summed E-state index contributed by atoms with van der Waals surface area (Å²) in [4.78, 5) is 15.0. The van der Waals surface area contributed by atoms with Crippen LogP contribution in [-0.4, -0.2) is 50.4 Å². The van der Waals surface area contributed by atoms with Crippen molar-refractivity contribution < 1.29 is 9.53 Å². The molecule has 0 unspecified atom stereocenters. The van der Waals surface area contributed by atoms with E-state index < -0.39 is 0 Å². The molecule has 1 aliphatic rings. The summed E-state index contributed by atoms with van der Waals surface area (Å²) in [5.41, 5.74) is 2.86. The molecule has 4 rings (SSSR count). The minimum Gasteiger partial charge on any atom is -0.497 e. The number of benzene rings is 1. The predicted octanol–water partition coefficient (Wildman–Crippen LogP) is 4.08. The van der Waals surface area contributed by atoms with Gasteiger partial charge in [0.05, 0.1) is 18.4 Å². The fourth-order valence-electron chi connectivity index (χ4n) is 4.21. The van der Waals surface area contributed by atoms with E-state index in [1.165, 1.54) is 18.2 Å². The first kappa shape index (κ1) is 19.1. The van der Waals surface area contributed by atoms with E-state index in [0.717, 1.165) is 45.9 Å². The zero-order chi connectivity index (χ0) is 19.8. The summed E-state index contributed by atoms with van der Waals surface area (Å²) in [5, 5.41) is 10.6. The van der Waals surface area contributed by atoms with Gasteiger partial charge in [-0.2, -0.15) is 0 Å². The van der Waals surface area contributed by atoms with Crippen LogP contribution in [-0.2, 0) is 4.79 Å². The van der Waals surface area contributed by atoms with Crippen molar-refractivity contribution in [2.24, 2.45) is 0 Å². The Morgan fingerprint density at radius 2 is 1.96 bits per heavy atom. The second kappa shape index (κ2) is 7.62. The molecule has 0 N–H and O–H groups in total. The van der Waals surface area contributed by atoms with Crippen molar-refractivity contribution in [2.45, 2.75) is 57.3 Å². The van der Waals surface area contributed by atoms with Crippen LogP contribution in [0.25, 0.3) is 16.6 Å². The number of hydrogen-bond acceptors (Lipinski definition) is 5. The number of hydrogen-bond donors (Lipinski definition) is 0. The van der Waals surface area contributed by atoms with Crippen molar-refractivity contribution in [2.75, 3.05) is 12.9 Å². The van der Waals surface area contributed by atoms with Crippen molar-refractivity contribution in [3.05, 3.63) is 29.8 Å². The maximum absolute atomic E-state index is 12.9. The van der Waals surface area contributed by atoms with Crippen LogP contribution < -0.4 is 4.74 Å². The number of fused-ring (bicyclic) bond motifs is 3. The molecule has 1 amide bonds. The number of amides is 1. The van der Waals surface area contributed by atoms with Gasteiger partial charge in [-0.1, -0.05) is 11.8 Å². The fraction of sp³-hybridized carbons (Fsp3) is 0.476. The molecule has 2 atom stereocenters. The van der Waals surface area contributed by atoms with Crippen LogP contribution in [0.4, 0.5) is 0 Å². The van der Waals surface area contributed by atoms with E-state index in [1.54, 1.807) is 7.11 Å². The summed E-state index contributed by atoms with van der Waals surface area (Å²) in [6.45, 7) is 6.33. The number of ether oxygens (including phenoxy) is 1. The number of aromatic nitrogens is 3. The third-order valence-corrected chi connectivity index (χ3v) is 6.56. The number of carbonyl (C=O) groups is 1. The van der Waals surface area contributed by atoms with Gasteiger partial charge in [-0.05, 0) is 69.2 Å². The monoisotopic (exact) mass is 398 g/mol. The second-order valence-electron chi connectivity index (χ2n) is 7.61. The summed E-state index contributed by atoms with van der Waals surface area (Å²) < 4.78 is 7.43. The molecule has 0 spiro atoms. The van der Waals surface area contributed by atoms with E-state index >= 15 is 0 Å². The summed E-state index contributed by atoms with van der Waals surface area (Å²) in [7, 11) is 1.66. The van der Waals surface area contributed by atoms with Crippen LogP contribution in [0.1, 0.15) is 38.7 Å². The van der Waals surface area contributed by atoms with E-state index in [2.05, 4.69) is 30.1 Å². The molecule has 0 bridgehead atoms. The average molecular weight is 399 g/mol. The molecule has 2 aromatic heterocycles. The van der Waals surface area contributed by atoms with Gasteiger partial charge in [-0.3, -0.25) is 9.20 Å². The first-order valence-corrected chi connectivity index (χ1v) is 10.7. The normalized spacial score (nSPS) is 20.1. The minimum absolute atomic E-state index is 0.177. The van der Waals surface area contributed by atoms with Gasteiger partial charge < -0.3 is 9.64 Å². The van der Waals surface area contributed by atoms with Crippen molar-refractivity contribution >= 4 is 34.2 Å². The van der Waals surface area contributed by atoms with Gasteiger partial charge in [-0.15, -0.1) is 10.2 Å². The molecular weight excluding hydrogens is 372 g/mol. The van der Waals surface area contributed by atoms with Crippen LogP contribution in [0.15, 0.2) is 29.4 Å². The van der Waals surface area contributed by atoms with E-state index in [0.29, 0.717) is 17.8 Å². The highest BCUT2D eigenvalue weighted by Crippen LogP contribution is 2.29. The lowest BCUT2D eigenvalue weighted by Crippen LogP contribution is -2.48. The van der Waals surface area contributed by atoms with E-state index in [1.807, 2.05) is 34.4 Å². The maximum Gasteiger partial charge on any atom is 0.233 e. The van der Waals surface area contributed by atoms with Crippen LogP contribution >= 0.6 is 11.8 Å². The molecule has 28 heavy (non-hydrogen) atoms. The fourth-order valence-corrected chi connectivity index (χ4v) is 5.03. The Kier molecular flexibility index (Phi) is 5.19. The molecule has 1 aromatic carbocycles. The third-order valence-electron chi connectivity index (χ3n) is 5.64. The molecule has 1 fully saturated rings. The highest BCUT2D eigenvalue weighted by atomic mass is 32.2. The first-order valence-electron chi connectivity index (χ1n) is 9.76. The summed E-state index contributed by atoms with van der Waals surface area (Å²) in [5.74, 6) is 1.33. The van der Waals surface area contributed by atoms with Crippen molar-refractivity contribution in [3.8, 4) is 5.75 Å². The van der Waals surface area contributed by atoms with Gasteiger partial charge in [0.25, 0.3) is 0 Å². The van der Waals surface area contributed by atoms with Crippen LogP contribution in [0.2, 0.25) is 0 Å². The Hall–Kier alpha value is -2.28. The number of piperidine rings is 1. The van der Waals surface area contributed by atoms with Gasteiger partial charge in [-0.25, -0.2) is 0 Å². The van der Waals surface area contributed by atoms with Crippen LogP contribution in [0.3, 0.4) is 0 Å². The topological polar surface area (TPSA) is 59.7 Å². The van der Waals surface area contributed by atoms with Crippen LogP contribution in [0.5, 0.6) is 5.75 Å². The molecule has 6 nitrogen and oxygen atoms in total. The van der Waals surface area contributed by atoms with Gasteiger partial charge in [0.2, 0.25) is 5.91 Å². The Labute approximate surface area is 169 Å². The summed E-state index contributed by atoms with van der Waals surface area (Å²) in [6.07, 6.45) is 3.36. The quantitative estimate of drug-likeness (QED) is 0.620. The molecule has 7 heteroatoms. The number of thioether (sulfide) groups is 1. The SMILES string of the molecule is COc1ccc2cc(C)c3nnc(SCC(=O)N4[C@@H](C)CCC[C@@H]4C)n3c2c1. The number of rotatable bonds is 4. The maximum atomic E-state index is 12.9. The van der Waals surface area contributed by atoms with Crippen molar-refractivity contribution in [1.82, 2.24) is 19.5 Å². The second-order valence-corrected chi connectivity index (χ2v) is 8.55. The first-order chi connectivity index (χ1) is 13.5. The molecule has 148 valence electrons. The number of aryl methyl sites for hydroxylation is 1. The molecule has 0 aliphatic carbocycles. The Morgan fingerprint density at radius 3 is 2.68 bits per heavy atom. The number of methoxy groups -OCH3 is 1. The molecule has 3 aromatic rings. The predicted molar refractivity (Wildman–Crippen MR) is 112 cm³/mol. The lowest BCUT2D eigenvalue weighted by molar-refractivity contribution is -0.134. The number of pyridine rings is 1. The Morgan fingerprint density at radius 1 is 1.21 bits per heavy atom. The zero-order valence-electron chi connectivity index (χ0n) is 16.8. The number of likely N-dealkylation sites (tertiary alicyclic amines) is 1. The molecule has 1 aliphatic heterocycles. The third kappa shape index (κ3) is 3.32. The van der Waals surface area contributed by atoms with Crippen molar-refractivity contribution in [1.29, 1.82) is 0 Å². The number of carbonyl (C=O) groups excluding carboxylic acids is 1. The van der Waals surface area contributed by atoms with Gasteiger partial charge >= 0.3 is 0 Å². The highest BCUT2D eigenvalue weighted by molar-refractivity contribution is 7.99. The standard InChI is InChI=1S/C21H26N4O2S/c1-13-10-16-8-9-17(27-4)11-18(16)25-20(13)22-23-21(25)28-12-19(26)24-14(2)6-5-7-15(24)3/h8-11,14-15H,5-7,12H2,1-4H3/t14-,15-/m0/s1. The van der Waals surface area contributed by atoms with E-state index in [-0.39, 0.29) is 5.91 Å². The molecule has 0 saturated carbocycles. The zero-order valence-corrected chi connectivity index (χ0v) is 17.6. The minimum atomic E-state index is 0.177. The molecular formula is C21H26N4O2S. The number of nitrogens with zero attached hydrogens (tertiary/aromatic N) is 4. The smallest absolute Gasteiger partial charge is 0.233 e. The highest BCUT2D eigenvalue weighted by Gasteiger charge is 2.29. The van der Waals surface area contributed by atoms with Gasteiger partial charge in [0, 0.05) is 18.2 Å². The van der Waals surface area contributed by atoms with Crippen LogP contribution in [0, 0.1) is 6.92 Å². The van der Waals surface area contributed by atoms with E-state index in [9.17, 15) is 4.79 Å². The lowest BCUT2D eigenvalue weighted by Gasteiger charge is -2.39. The largest absolute Gasteiger partial charge is 0.497 e. The molecule has 1 saturated heterocycles. The summed E-state index contributed by atoms with van der Waals surface area (Å²) in [6, 6.07) is 8.70. The van der Waals surface area contributed by atoms with Crippen molar-refractivity contribution in [3.63, 3.8) is 0 Å². The average Bonchev–Trinajstić information content (AvgIpc) is 3.11. The summed E-state index contributed by atoms with van der Waals surface area (Å²) >= 11 is 1.46. The Bertz CT molecular complexity index is 1020.